The molecule has 0 bridgehead atoms. The van der Waals surface area contributed by atoms with Gasteiger partial charge in [-0.3, -0.25) is 4.79 Å². The third-order valence-corrected chi connectivity index (χ3v) is 5.53. The van der Waals surface area contributed by atoms with Crippen molar-refractivity contribution in [1.29, 1.82) is 0 Å². The van der Waals surface area contributed by atoms with Crippen LogP contribution in [0.25, 0.3) is 6.08 Å². The number of pyridine rings is 1. The highest BCUT2D eigenvalue weighted by Gasteiger charge is 2.52. The van der Waals surface area contributed by atoms with Gasteiger partial charge in [-0.25, -0.2) is 4.98 Å². The first-order valence-electron chi connectivity index (χ1n) is 8.27. The average Bonchev–Trinajstić information content (AvgIpc) is 2.72. The van der Waals surface area contributed by atoms with E-state index in [9.17, 15) is 4.79 Å². The maximum absolute atomic E-state index is 11.4. The topological polar surface area (TPSA) is 57.7 Å². The van der Waals surface area contributed by atoms with E-state index in [2.05, 4.69) is 4.98 Å². The van der Waals surface area contributed by atoms with Gasteiger partial charge in [0.1, 0.15) is 0 Å². The molecule has 0 spiro atoms. The van der Waals surface area contributed by atoms with Crippen LogP contribution in [0.15, 0.2) is 17.6 Å². The van der Waals surface area contributed by atoms with Crippen molar-refractivity contribution < 1.29 is 18.8 Å². The molecule has 0 unspecified atom stereocenters. The average molecular weight is 363 g/mol. The lowest BCUT2D eigenvalue weighted by Crippen LogP contribution is -2.41. The summed E-state index contributed by atoms with van der Waals surface area (Å²) in [6, 6.07) is 3.77. The summed E-state index contributed by atoms with van der Waals surface area (Å²) < 4.78 is 17.5. The standard InChI is InChI=1S/C18H26BNO4S/c1-12-14(8-9-16(20-12)22-7)10-15(11-25-13(2)21)19-23-17(3,4)18(5,6)24-19/h8-10H,11H2,1-7H3. The molecule has 5 nitrogen and oxygen atoms in total. The molecule has 0 N–H and O–H groups in total. The van der Waals surface area contributed by atoms with Gasteiger partial charge in [0.15, 0.2) is 5.12 Å². The van der Waals surface area contributed by atoms with E-state index < -0.39 is 18.3 Å². The lowest BCUT2D eigenvalue weighted by Gasteiger charge is -2.32. The minimum absolute atomic E-state index is 0.0620. The molecule has 0 saturated carbocycles. The summed E-state index contributed by atoms with van der Waals surface area (Å²) >= 11 is 1.25. The van der Waals surface area contributed by atoms with Gasteiger partial charge in [-0.1, -0.05) is 17.8 Å². The van der Waals surface area contributed by atoms with Crippen LogP contribution in [0.5, 0.6) is 5.88 Å². The highest BCUT2D eigenvalue weighted by atomic mass is 32.2. The predicted molar refractivity (Wildman–Crippen MR) is 103 cm³/mol. The minimum atomic E-state index is -0.488. The zero-order valence-corrected chi connectivity index (χ0v) is 16.8. The fourth-order valence-corrected chi connectivity index (χ4v) is 2.96. The van der Waals surface area contributed by atoms with Crippen LogP contribution in [0.4, 0.5) is 0 Å². The van der Waals surface area contributed by atoms with Crippen LogP contribution >= 0.6 is 11.8 Å². The second-order valence-corrected chi connectivity index (χ2v) is 8.27. The van der Waals surface area contributed by atoms with E-state index in [4.69, 9.17) is 14.0 Å². The van der Waals surface area contributed by atoms with Crippen LogP contribution < -0.4 is 4.74 Å². The van der Waals surface area contributed by atoms with Gasteiger partial charge in [-0.2, -0.15) is 0 Å². The molecule has 2 rings (SSSR count). The van der Waals surface area contributed by atoms with Crippen molar-refractivity contribution in [2.45, 2.75) is 52.7 Å². The van der Waals surface area contributed by atoms with Gasteiger partial charge in [0, 0.05) is 24.4 Å². The number of carbonyl (C=O) groups is 1. The van der Waals surface area contributed by atoms with Crippen molar-refractivity contribution in [2.75, 3.05) is 12.9 Å². The molecule has 1 aromatic rings. The molecule has 1 fully saturated rings. The summed E-state index contributed by atoms with van der Waals surface area (Å²) in [6.07, 6.45) is 2.00. The summed E-state index contributed by atoms with van der Waals surface area (Å²) in [7, 11) is 1.11. The quantitative estimate of drug-likeness (QED) is 0.744. The molecular formula is C18H26BNO4S. The van der Waals surface area contributed by atoms with Gasteiger partial charge in [0.25, 0.3) is 0 Å². The summed E-state index contributed by atoms with van der Waals surface area (Å²) in [4.78, 5) is 15.8. The maximum Gasteiger partial charge on any atom is 0.491 e. The Kier molecular flexibility index (Phi) is 6.02. The molecule has 136 valence electrons. The zero-order chi connectivity index (χ0) is 18.8. The van der Waals surface area contributed by atoms with E-state index in [1.807, 2.05) is 52.8 Å². The molecule has 0 radical (unpaired) electrons. The summed E-state index contributed by atoms with van der Waals surface area (Å²) in [6.45, 7) is 11.6. The van der Waals surface area contributed by atoms with Crippen LogP contribution in [0.3, 0.4) is 0 Å². The Bertz CT molecular complexity index is 672. The Morgan fingerprint density at radius 2 is 1.88 bits per heavy atom. The van der Waals surface area contributed by atoms with Crippen molar-refractivity contribution in [1.82, 2.24) is 4.98 Å². The van der Waals surface area contributed by atoms with Gasteiger partial charge in [0.2, 0.25) is 5.88 Å². The molecule has 25 heavy (non-hydrogen) atoms. The number of methoxy groups -OCH3 is 1. The zero-order valence-electron chi connectivity index (χ0n) is 16.0. The number of ether oxygens (including phenoxy) is 1. The first-order valence-corrected chi connectivity index (χ1v) is 9.25. The molecule has 0 atom stereocenters. The number of hydrogen-bond donors (Lipinski definition) is 0. The van der Waals surface area contributed by atoms with Crippen LogP contribution in [-0.4, -0.2) is 41.3 Å². The third kappa shape index (κ3) is 4.66. The van der Waals surface area contributed by atoms with Crippen molar-refractivity contribution in [2.24, 2.45) is 0 Å². The van der Waals surface area contributed by atoms with E-state index in [1.165, 1.54) is 11.8 Å². The molecule has 1 aliphatic heterocycles. The normalized spacial score (nSPS) is 19.2. The highest BCUT2D eigenvalue weighted by molar-refractivity contribution is 8.13. The maximum atomic E-state index is 11.4. The number of aryl methyl sites for hydroxylation is 1. The number of aromatic nitrogens is 1. The molecule has 7 heteroatoms. The van der Waals surface area contributed by atoms with Gasteiger partial charge in [0.05, 0.1) is 18.3 Å². The molecule has 1 aliphatic rings. The van der Waals surface area contributed by atoms with Gasteiger partial charge < -0.3 is 14.0 Å². The van der Waals surface area contributed by atoms with E-state index in [0.29, 0.717) is 11.6 Å². The minimum Gasteiger partial charge on any atom is -0.481 e. The lowest BCUT2D eigenvalue weighted by molar-refractivity contribution is -0.109. The Morgan fingerprint density at radius 3 is 2.36 bits per heavy atom. The number of carbonyl (C=O) groups excluding carboxylic acids is 1. The van der Waals surface area contributed by atoms with E-state index >= 15 is 0 Å². The number of thioether (sulfide) groups is 1. The molecule has 2 heterocycles. The van der Waals surface area contributed by atoms with Crippen LogP contribution in [0, 0.1) is 6.92 Å². The highest BCUT2D eigenvalue weighted by Crippen LogP contribution is 2.39. The summed E-state index contributed by atoms with van der Waals surface area (Å²) in [5.41, 5.74) is 1.86. The Hall–Kier alpha value is -1.31. The molecule has 0 amide bonds. The molecule has 0 aromatic carbocycles. The largest absolute Gasteiger partial charge is 0.491 e. The monoisotopic (exact) mass is 363 g/mol. The number of nitrogens with zero attached hydrogens (tertiary/aromatic N) is 1. The Balaban J connectivity index is 2.35. The van der Waals surface area contributed by atoms with Crippen LogP contribution in [0.1, 0.15) is 45.9 Å². The summed E-state index contributed by atoms with van der Waals surface area (Å²) in [5.74, 6) is 1.09. The predicted octanol–water partition coefficient (Wildman–Crippen LogP) is 3.69. The van der Waals surface area contributed by atoms with Crippen molar-refractivity contribution in [3.05, 3.63) is 28.9 Å². The lowest BCUT2D eigenvalue weighted by atomic mass is 9.78. The van der Waals surface area contributed by atoms with E-state index in [-0.39, 0.29) is 5.12 Å². The van der Waals surface area contributed by atoms with Gasteiger partial charge >= 0.3 is 7.12 Å². The Morgan fingerprint density at radius 1 is 1.28 bits per heavy atom. The second-order valence-electron chi connectivity index (χ2n) is 7.12. The number of rotatable bonds is 5. The first-order chi connectivity index (χ1) is 11.6. The van der Waals surface area contributed by atoms with Crippen molar-refractivity contribution >= 4 is 30.1 Å². The molecular weight excluding hydrogens is 337 g/mol. The van der Waals surface area contributed by atoms with E-state index in [1.54, 1.807) is 14.0 Å². The Labute approximate surface area is 154 Å². The van der Waals surface area contributed by atoms with Gasteiger partial charge in [-0.15, -0.1) is 0 Å². The van der Waals surface area contributed by atoms with Gasteiger partial charge in [-0.05, 0) is 51.7 Å². The molecule has 0 aliphatic carbocycles. The third-order valence-electron chi connectivity index (χ3n) is 4.65. The molecule has 1 saturated heterocycles. The fourth-order valence-electron chi connectivity index (χ4n) is 2.37. The van der Waals surface area contributed by atoms with E-state index in [0.717, 1.165) is 16.7 Å². The fraction of sp³-hybridized carbons (Fsp3) is 0.556. The first kappa shape index (κ1) is 20.0. The van der Waals surface area contributed by atoms with Crippen molar-refractivity contribution in [3.63, 3.8) is 0 Å². The summed E-state index contributed by atoms with van der Waals surface area (Å²) in [5, 5.41) is 0.0620. The molecule has 1 aromatic heterocycles. The smallest absolute Gasteiger partial charge is 0.481 e. The second kappa shape index (κ2) is 7.52. The number of hydrogen-bond acceptors (Lipinski definition) is 6. The van der Waals surface area contributed by atoms with Crippen LogP contribution in [-0.2, 0) is 14.1 Å². The SMILES string of the molecule is COc1ccc(C=C(CSC(C)=O)B2OC(C)(C)C(C)(C)O2)c(C)n1. The van der Waals surface area contributed by atoms with Crippen molar-refractivity contribution in [3.8, 4) is 5.88 Å². The van der Waals surface area contributed by atoms with Crippen LogP contribution in [0.2, 0.25) is 0 Å².